The Morgan fingerprint density at radius 2 is 1.62 bits per heavy atom. The summed E-state index contributed by atoms with van der Waals surface area (Å²) in [5, 5.41) is 10.8. The number of hydrogen-bond donors (Lipinski definition) is 1. The lowest BCUT2D eigenvalue weighted by atomic mass is 9.79. The minimum Gasteiger partial charge on any atom is -0.388 e. The van der Waals surface area contributed by atoms with Crippen LogP contribution in [0.1, 0.15) is 46.8 Å². The molecule has 0 saturated heterocycles. The third kappa shape index (κ3) is 2.40. The highest BCUT2D eigenvalue weighted by Gasteiger charge is 2.26. The number of rotatable bonds is 2. The minimum atomic E-state index is -0.316. The van der Waals surface area contributed by atoms with Crippen LogP contribution in [0.4, 0.5) is 0 Å². The highest BCUT2D eigenvalue weighted by molar-refractivity contribution is 5.37. The Hall–Kier alpha value is -1.60. The van der Waals surface area contributed by atoms with Gasteiger partial charge in [0.15, 0.2) is 0 Å². The van der Waals surface area contributed by atoms with Gasteiger partial charge in [-0.1, -0.05) is 42.5 Å². The Labute approximate surface area is 126 Å². The predicted molar refractivity (Wildman–Crippen MR) is 85.4 cm³/mol. The van der Waals surface area contributed by atoms with E-state index in [-0.39, 0.29) is 6.10 Å². The summed E-state index contributed by atoms with van der Waals surface area (Å²) in [6.45, 7) is 0. The van der Waals surface area contributed by atoms with Crippen molar-refractivity contribution in [1.29, 1.82) is 0 Å². The van der Waals surface area contributed by atoms with E-state index in [9.17, 15) is 5.11 Å². The zero-order valence-electron chi connectivity index (χ0n) is 12.4. The van der Waals surface area contributed by atoms with Crippen molar-refractivity contribution in [2.24, 2.45) is 5.92 Å². The minimum absolute atomic E-state index is 0.316. The molecule has 108 valence electrons. The number of benzene rings is 2. The molecule has 2 aromatic rings. The highest BCUT2D eigenvalue weighted by atomic mass is 16.3. The largest absolute Gasteiger partial charge is 0.388 e. The molecule has 0 radical (unpaired) electrons. The van der Waals surface area contributed by atoms with E-state index in [1.54, 1.807) is 0 Å². The second kappa shape index (κ2) is 5.31. The van der Waals surface area contributed by atoms with Crippen LogP contribution < -0.4 is 0 Å². The molecule has 1 N–H and O–H groups in total. The average Bonchev–Trinajstić information content (AvgIpc) is 3.01. The van der Waals surface area contributed by atoms with Gasteiger partial charge in [0, 0.05) is 0 Å². The maximum Gasteiger partial charge on any atom is 0.0821 e. The molecule has 0 bridgehead atoms. The summed E-state index contributed by atoms with van der Waals surface area (Å²) < 4.78 is 0. The number of fused-ring (bicyclic) bond motifs is 2. The molecule has 2 aliphatic carbocycles. The predicted octanol–water partition coefficient (Wildman–Crippen LogP) is 4.01. The molecule has 0 saturated carbocycles. The van der Waals surface area contributed by atoms with Crippen molar-refractivity contribution < 1.29 is 5.11 Å². The first-order chi connectivity index (χ1) is 10.3. The van der Waals surface area contributed by atoms with Gasteiger partial charge in [0.05, 0.1) is 6.10 Å². The van der Waals surface area contributed by atoms with Crippen LogP contribution in [0.2, 0.25) is 0 Å². The second-order valence-corrected chi connectivity index (χ2v) is 6.60. The molecule has 21 heavy (non-hydrogen) atoms. The smallest absolute Gasteiger partial charge is 0.0821 e. The van der Waals surface area contributed by atoms with Gasteiger partial charge in [-0.05, 0) is 72.3 Å². The molecule has 4 rings (SSSR count). The summed E-state index contributed by atoms with van der Waals surface area (Å²) in [6.07, 6.45) is 6.55. The van der Waals surface area contributed by atoms with Gasteiger partial charge in [0.2, 0.25) is 0 Å². The molecule has 1 heteroatoms. The van der Waals surface area contributed by atoms with E-state index >= 15 is 0 Å². The molecule has 0 fully saturated rings. The van der Waals surface area contributed by atoms with Crippen molar-refractivity contribution in [2.75, 3.05) is 0 Å². The molecular formula is C20H22O. The molecule has 0 aromatic heterocycles. The van der Waals surface area contributed by atoms with Crippen LogP contribution >= 0.6 is 0 Å². The Kier molecular flexibility index (Phi) is 3.31. The van der Waals surface area contributed by atoms with Gasteiger partial charge in [-0.15, -0.1) is 0 Å². The van der Waals surface area contributed by atoms with E-state index in [0.29, 0.717) is 5.92 Å². The summed E-state index contributed by atoms with van der Waals surface area (Å²) in [7, 11) is 0. The Morgan fingerprint density at radius 1 is 0.857 bits per heavy atom. The molecule has 2 aromatic carbocycles. The van der Waals surface area contributed by atoms with Gasteiger partial charge in [0.25, 0.3) is 0 Å². The van der Waals surface area contributed by atoms with Crippen LogP contribution in [0.3, 0.4) is 0 Å². The molecule has 0 aliphatic heterocycles. The van der Waals surface area contributed by atoms with Crippen molar-refractivity contribution in [2.45, 2.75) is 44.6 Å². The zero-order chi connectivity index (χ0) is 14.2. The van der Waals surface area contributed by atoms with Gasteiger partial charge in [-0.2, -0.15) is 0 Å². The third-order valence-electron chi connectivity index (χ3n) is 5.30. The lowest BCUT2D eigenvalue weighted by molar-refractivity contribution is 0.0994. The summed E-state index contributed by atoms with van der Waals surface area (Å²) in [4.78, 5) is 0. The summed E-state index contributed by atoms with van der Waals surface area (Å²) in [5.74, 6) is 0.361. The fraction of sp³-hybridized carbons (Fsp3) is 0.400. The highest BCUT2D eigenvalue weighted by Crippen LogP contribution is 2.35. The first-order valence-electron chi connectivity index (χ1n) is 8.18. The Morgan fingerprint density at radius 3 is 2.52 bits per heavy atom. The van der Waals surface area contributed by atoms with Crippen LogP contribution in [-0.2, 0) is 25.7 Å². The van der Waals surface area contributed by atoms with Crippen LogP contribution in [0.5, 0.6) is 0 Å². The van der Waals surface area contributed by atoms with Gasteiger partial charge < -0.3 is 5.11 Å². The van der Waals surface area contributed by atoms with Crippen molar-refractivity contribution in [1.82, 2.24) is 0 Å². The second-order valence-electron chi connectivity index (χ2n) is 6.60. The molecule has 1 nitrogen and oxygen atoms in total. The van der Waals surface area contributed by atoms with E-state index in [4.69, 9.17) is 0 Å². The maximum absolute atomic E-state index is 10.8. The van der Waals surface area contributed by atoms with Crippen LogP contribution in [0, 0.1) is 5.92 Å². The molecule has 0 amide bonds. The molecule has 2 unspecified atom stereocenters. The number of aryl methyl sites for hydroxylation is 3. The number of aliphatic hydroxyl groups excluding tert-OH is 1. The Bertz CT molecular complexity index is 659. The topological polar surface area (TPSA) is 20.2 Å². The first-order valence-corrected chi connectivity index (χ1v) is 8.18. The molecule has 2 atom stereocenters. The van der Waals surface area contributed by atoms with Crippen LogP contribution in [0.25, 0.3) is 0 Å². The van der Waals surface area contributed by atoms with E-state index in [1.165, 1.54) is 41.5 Å². The monoisotopic (exact) mass is 278 g/mol. The fourth-order valence-corrected chi connectivity index (χ4v) is 4.04. The lowest BCUT2D eigenvalue weighted by Gasteiger charge is -2.29. The number of hydrogen-bond acceptors (Lipinski definition) is 1. The molecule has 0 heterocycles. The van der Waals surface area contributed by atoms with Crippen molar-refractivity contribution in [3.05, 3.63) is 70.3 Å². The molecular weight excluding hydrogens is 256 g/mol. The standard InChI is InChI=1S/C20H22O/c21-20(19-11-9-15-6-3-7-17(15)13-19)18-10-8-14-4-1-2-5-16(14)12-18/h1-2,4-5,9,11,13,18,20-21H,3,6-8,10,12H2. The molecule has 0 spiro atoms. The fourth-order valence-electron chi connectivity index (χ4n) is 4.04. The van der Waals surface area contributed by atoms with Gasteiger partial charge >= 0.3 is 0 Å². The Balaban J connectivity index is 1.57. The molecule has 2 aliphatic rings. The number of aliphatic hydroxyl groups is 1. The van der Waals surface area contributed by atoms with E-state index < -0.39 is 0 Å². The maximum atomic E-state index is 10.8. The van der Waals surface area contributed by atoms with E-state index in [1.807, 2.05) is 0 Å². The summed E-state index contributed by atoms with van der Waals surface area (Å²) >= 11 is 0. The third-order valence-corrected chi connectivity index (χ3v) is 5.30. The summed E-state index contributed by atoms with van der Waals surface area (Å²) in [6, 6.07) is 15.3. The van der Waals surface area contributed by atoms with E-state index in [2.05, 4.69) is 42.5 Å². The van der Waals surface area contributed by atoms with Gasteiger partial charge in [0.1, 0.15) is 0 Å². The average molecular weight is 278 g/mol. The van der Waals surface area contributed by atoms with Crippen molar-refractivity contribution in [3.63, 3.8) is 0 Å². The van der Waals surface area contributed by atoms with Crippen LogP contribution in [-0.4, -0.2) is 5.11 Å². The van der Waals surface area contributed by atoms with Crippen molar-refractivity contribution >= 4 is 0 Å². The lowest BCUT2D eigenvalue weighted by Crippen LogP contribution is -2.21. The zero-order valence-corrected chi connectivity index (χ0v) is 12.4. The van der Waals surface area contributed by atoms with Crippen LogP contribution in [0.15, 0.2) is 42.5 Å². The quantitative estimate of drug-likeness (QED) is 0.880. The first kappa shape index (κ1) is 13.1. The van der Waals surface area contributed by atoms with Gasteiger partial charge in [-0.25, -0.2) is 0 Å². The van der Waals surface area contributed by atoms with Gasteiger partial charge in [-0.3, -0.25) is 0 Å². The van der Waals surface area contributed by atoms with E-state index in [0.717, 1.165) is 24.8 Å². The summed E-state index contributed by atoms with van der Waals surface area (Å²) in [5.41, 5.74) is 6.96. The SMILES string of the molecule is OC(c1ccc2c(c1)CCC2)C1CCc2ccccc2C1. The normalized spacial score (nSPS) is 21.7. The van der Waals surface area contributed by atoms with Crippen molar-refractivity contribution in [3.8, 4) is 0 Å².